The van der Waals surface area contributed by atoms with E-state index in [2.05, 4.69) is 36.9 Å². The van der Waals surface area contributed by atoms with Crippen LogP contribution in [0.1, 0.15) is 19.0 Å². The van der Waals surface area contributed by atoms with E-state index in [0.29, 0.717) is 13.0 Å². The average molecular weight is 461 g/mol. The molecule has 0 bridgehead atoms. The molecule has 20 heavy (non-hydrogen) atoms. The smallest absolute Gasteiger partial charge is 0.194 e. The summed E-state index contributed by atoms with van der Waals surface area (Å²) in [6, 6.07) is 2.08. The number of rotatable bonds is 6. The van der Waals surface area contributed by atoms with Crippen molar-refractivity contribution >= 4 is 45.9 Å². The van der Waals surface area contributed by atoms with Crippen LogP contribution in [-0.4, -0.2) is 42.2 Å². The Morgan fingerprint density at radius 1 is 1.55 bits per heavy atom. The van der Waals surface area contributed by atoms with Gasteiger partial charge >= 0.3 is 0 Å². The molecular formula is C13H23BrFIN4. The predicted octanol–water partition coefficient (Wildman–Crippen LogP) is 3.16. The lowest BCUT2D eigenvalue weighted by Crippen LogP contribution is -2.38. The van der Waals surface area contributed by atoms with E-state index in [9.17, 15) is 4.39 Å². The van der Waals surface area contributed by atoms with Crippen LogP contribution in [0.2, 0.25) is 0 Å². The number of aromatic nitrogens is 1. The van der Waals surface area contributed by atoms with Gasteiger partial charge in [0.15, 0.2) is 5.96 Å². The van der Waals surface area contributed by atoms with Gasteiger partial charge < -0.3 is 14.8 Å². The molecule has 0 aliphatic heterocycles. The Balaban J connectivity index is 0.00000361. The minimum atomic E-state index is -0.322. The fourth-order valence-corrected chi connectivity index (χ4v) is 2.33. The monoisotopic (exact) mass is 460 g/mol. The number of alkyl halides is 1. The van der Waals surface area contributed by atoms with E-state index in [0.717, 1.165) is 23.5 Å². The highest BCUT2D eigenvalue weighted by Gasteiger charge is 2.09. The second-order valence-electron chi connectivity index (χ2n) is 4.39. The first-order chi connectivity index (χ1) is 9.08. The number of hydrogen-bond donors (Lipinski definition) is 1. The Hall–Kier alpha value is -0.310. The Kier molecular flexibility index (Phi) is 10.3. The maximum absolute atomic E-state index is 12.1. The molecule has 0 saturated carbocycles. The zero-order valence-electron chi connectivity index (χ0n) is 12.2. The Bertz CT molecular complexity index is 423. The molecule has 0 unspecified atom stereocenters. The standard InChI is InChI=1S/C13H22BrFN4.HI/c1-4-16-13(17-7-5-6-15)19(3)10-12-8-11(14)9-18(12)2;/h8-9H,4-7,10H2,1-3H3,(H,16,17);1H. The van der Waals surface area contributed by atoms with Crippen LogP contribution in [0.15, 0.2) is 21.7 Å². The lowest BCUT2D eigenvalue weighted by Gasteiger charge is -2.22. The highest BCUT2D eigenvalue weighted by molar-refractivity contribution is 14.0. The van der Waals surface area contributed by atoms with Crippen molar-refractivity contribution in [3.05, 3.63) is 22.4 Å². The number of guanidine groups is 1. The van der Waals surface area contributed by atoms with Gasteiger partial charge in [-0.25, -0.2) is 0 Å². The number of halogens is 3. The summed E-state index contributed by atoms with van der Waals surface area (Å²) in [7, 11) is 4.00. The van der Waals surface area contributed by atoms with Crippen LogP contribution in [0.25, 0.3) is 0 Å². The lowest BCUT2D eigenvalue weighted by atomic mass is 10.4. The number of aliphatic imine (C=N–C) groups is 1. The zero-order chi connectivity index (χ0) is 14.3. The molecule has 7 heteroatoms. The quantitative estimate of drug-likeness (QED) is 0.306. The van der Waals surface area contributed by atoms with E-state index < -0.39 is 0 Å². The molecule has 4 nitrogen and oxygen atoms in total. The largest absolute Gasteiger partial charge is 0.357 e. The van der Waals surface area contributed by atoms with Crippen LogP contribution in [0.3, 0.4) is 0 Å². The number of aryl methyl sites for hydroxylation is 1. The van der Waals surface area contributed by atoms with Crippen LogP contribution >= 0.6 is 39.9 Å². The predicted molar refractivity (Wildman–Crippen MR) is 96.6 cm³/mol. The Labute approximate surface area is 146 Å². The molecular weight excluding hydrogens is 438 g/mol. The zero-order valence-corrected chi connectivity index (χ0v) is 16.1. The third kappa shape index (κ3) is 6.43. The van der Waals surface area contributed by atoms with E-state index in [-0.39, 0.29) is 30.7 Å². The van der Waals surface area contributed by atoms with Gasteiger partial charge in [-0.1, -0.05) is 0 Å². The van der Waals surface area contributed by atoms with Crippen LogP contribution in [-0.2, 0) is 13.6 Å². The molecule has 0 aromatic carbocycles. The van der Waals surface area contributed by atoms with Crippen molar-refractivity contribution in [3.63, 3.8) is 0 Å². The van der Waals surface area contributed by atoms with Gasteiger partial charge in [-0.05, 0) is 35.3 Å². The SMILES string of the molecule is CCNC(=NCCCF)N(C)Cc1cc(Br)cn1C.I. The normalized spacial score (nSPS) is 11.2. The maximum atomic E-state index is 12.1. The maximum Gasteiger partial charge on any atom is 0.194 e. The van der Waals surface area contributed by atoms with Crippen molar-refractivity contribution in [1.82, 2.24) is 14.8 Å². The topological polar surface area (TPSA) is 32.6 Å². The number of hydrogen-bond acceptors (Lipinski definition) is 1. The lowest BCUT2D eigenvalue weighted by molar-refractivity contribution is 0.454. The fraction of sp³-hybridized carbons (Fsp3) is 0.615. The highest BCUT2D eigenvalue weighted by atomic mass is 127. The van der Waals surface area contributed by atoms with Gasteiger partial charge in [0.25, 0.3) is 0 Å². The summed E-state index contributed by atoms with van der Waals surface area (Å²) in [5, 5.41) is 3.22. The highest BCUT2D eigenvalue weighted by Crippen LogP contribution is 2.14. The van der Waals surface area contributed by atoms with Crippen LogP contribution in [0.5, 0.6) is 0 Å². The Morgan fingerprint density at radius 3 is 2.75 bits per heavy atom. The summed E-state index contributed by atoms with van der Waals surface area (Å²) >= 11 is 3.47. The molecule has 0 saturated heterocycles. The van der Waals surface area contributed by atoms with E-state index in [1.54, 1.807) is 0 Å². The first-order valence-electron chi connectivity index (χ1n) is 6.44. The first-order valence-corrected chi connectivity index (χ1v) is 7.24. The molecule has 0 amide bonds. The van der Waals surface area contributed by atoms with Gasteiger partial charge in [-0.3, -0.25) is 9.38 Å². The van der Waals surface area contributed by atoms with Crippen LogP contribution < -0.4 is 5.32 Å². The van der Waals surface area contributed by atoms with Crippen molar-refractivity contribution in [3.8, 4) is 0 Å². The molecule has 1 N–H and O–H groups in total. The van der Waals surface area contributed by atoms with E-state index >= 15 is 0 Å². The molecule has 116 valence electrons. The first kappa shape index (κ1) is 19.7. The fourth-order valence-electron chi connectivity index (χ4n) is 1.76. The summed E-state index contributed by atoms with van der Waals surface area (Å²) in [6.45, 7) is 3.77. The van der Waals surface area contributed by atoms with E-state index in [4.69, 9.17) is 0 Å². The van der Waals surface area contributed by atoms with Crippen molar-refractivity contribution in [1.29, 1.82) is 0 Å². The molecule has 0 fully saturated rings. The van der Waals surface area contributed by atoms with Gasteiger partial charge in [-0.2, -0.15) is 0 Å². The number of nitrogens with one attached hydrogen (secondary N) is 1. The van der Waals surface area contributed by atoms with Gasteiger partial charge in [0.2, 0.25) is 0 Å². The summed E-state index contributed by atoms with van der Waals surface area (Å²) in [5.74, 6) is 0.813. The molecule has 1 aromatic rings. The summed E-state index contributed by atoms with van der Waals surface area (Å²) in [5.41, 5.74) is 1.19. The molecule has 0 aliphatic rings. The van der Waals surface area contributed by atoms with Crippen molar-refractivity contribution in [2.45, 2.75) is 19.9 Å². The summed E-state index contributed by atoms with van der Waals surface area (Å²) in [4.78, 5) is 6.45. The van der Waals surface area contributed by atoms with E-state index in [1.165, 1.54) is 5.69 Å². The molecule has 0 spiro atoms. The van der Waals surface area contributed by atoms with Crippen LogP contribution in [0, 0.1) is 0 Å². The minimum Gasteiger partial charge on any atom is -0.357 e. The van der Waals surface area contributed by atoms with Gasteiger partial charge in [-0.15, -0.1) is 24.0 Å². The molecule has 0 atom stereocenters. The summed E-state index contributed by atoms with van der Waals surface area (Å²) < 4.78 is 15.3. The minimum absolute atomic E-state index is 0. The van der Waals surface area contributed by atoms with Crippen molar-refractivity contribution in [2.75, 3.05) is 26.8 Å². The third-order valence-electron chi connectivity index (χ3n) is 2.72. The van der Waals surface area contributed by atoms with Crippen molar-refractivity contribution in [2.24, 2.45) is 12.0 Å². The Morgan fingerprint density at radius 2 is 2.25 bits per heavy atom. The van der Waals surface area contributed by atoms with Gasteiger partial charge in [0.1, 0.15) is 0 Å². The van der Waals surface area contributed by atoms with Gasteiger partial charge in [0.05, 0.1) is 13.2 Å². The molecule has 1 heterocycles. The molecule has 1 rings (SSSR count). The molecule has 0 radical (unpaired) electrons. The molecule has 0 aliphatic carbocycles. The van der Waals surface area contributed by atoms with E-state index in [1.807, 2.05) is 32.1 Å². The second kappa shape index (κ2) is 10.4. The average Bonchev–Trinajstić information content (AvgIpc) is 2.67. The number of nitrogens with zero attached hydrogens (tertiary/aromatic N) is 3. The second-order valence-corrected chi connectivity index (χ2v) is 5.31. The van der Waals surface area contributed by atoms with Gasteiger partial charge in [0, 0.05) is 43.5 Å². The van der Waals surface area contributed by atoms with Crippen molar-refractivity contribution < 1.29 is 4.39 Å². The summed E-state index contributed by atoms with van der Waals surface area (Å²) in [6.07, 6.45) is 2.49. The third-order valence-corrected chi connectivity index (χ3v) is 3.16. The van der Waals surface area contributed by atoms with Crippen LogP contribution in [0.4, 0.5) is 4.39 Å². The molecule has 1 aromatic heterocycles.